The third-order valence-corrected chi connectivity index (χ3v) is 5.31. The van der Waals surface area contributed by atoms with Crippen molar-refractivity contribution in [2.24, 2.45) is 0 Å². The van der Waals surface area contributed by atoms with E-state index in [-0.39, 0.29) is 11.7 Å². The summed E-state index contributed by atoms with van der Waals surface area (Å²) in [5, 5.41) is 10.9. The van der Waals surface area contributed by atoms with E-state index in [1.807, 2.05) is 31.2 Å². The molecule has 0 radical (unpaired) electrons. The maximum absolute atomic E-state index is 10.9. The molecular weight excluding hydrogens is 394 g/mol. The van der Waals surface area contributed by atoms with Crippen LogP contribution < -0.4 is 19.9 Å². The highest BCUT2D eigenvalue weighted by Crippen LogP contribution is 2.43. The van der Waals surface area contributed by atoms with Gasteiger partial charge in [0.2, 0.25) is 5.95 Å². The number of rotatable bonds is 5. The second kappa shape index (κ2) is 8.71. The SMILES string of the molecule is CCCc1cc(OC)cc(O)c1-c1nc(N)nc(C)c1-c1ccc2c(c1)OCCCO2. The molecule has 0 unspecified atom stereocenters. The van der Waals surface area contributed by atoms with E-state index in [0.717, 1.165) is 47.4 Å². The Kier molecular flexibility index (Phi) is 5.84. The first-order chi connectivity index (χ1) is 15.0. The van der Waals surface area contributed by atoms with Gasteiger partial charge in [0.05, 0.1) is 31.7 Å². The number of aromatic nitrogens is 2. The van der Waals surface area contributed by atoms with Crippen LogP contribution in [0.2, 0.25) is 0 Å². The van der Waals surface area contributed by atoms with Crippen molar-refractivity contribution >= 4 is 5.95 Å². The molecule has 7 heteroatoms. The number of hydrogen-bond donors (Lipinski definition) is 2. The number of phenols is 1. The monoisotopic (exact) mass is 421 g/mol. The molecule has 3 N–H and O–H groups in total. The van der Waals surface area contributed by atoms with Crippen molar-refractivity contribution in [1.29, 1.82) is 0 Å². The number of hydrogen-bond acceptors (Lipinski definition) is 7. The zero-order valence-corrected chi connectivity index (χ0v) is 18.1. The first-order valence-electron chi connectivity index (χ1n) is 10.5. The minimum Gasteiger partial charge on any atom is -0.507 e. The second-order valence-electron chi connectivity index (χ2n) is 7.53. The third kappa shape index (κ3) is 4.08. The molecule has 1 aliphatic heterocycles. The minimum absolute atomic E-state index is 0.0934. The van der Waals surface area contributed by atoms with Gasteiger partial charge in [0.1, 0.15) is 11.5 Å². The summed E-state index contributed by atoms with van der Waals surface area (Å²) in [5.41, 5.74) is 10.6. The summed E-state index contributed by atoms with van der Waals surface area (Å²) >= 11 is 0. The quantitative estimate of drug-likeness (QED) is 0.624. The molecule has 0 atom stereocenters. The number of nitrogens with two attached hydrogens (primary N) is 1. The fourth-order valence-electron chi connectivity index (χ4n) is 3.95. The van der Waals surface area contributed by atoms with E-state index in [4.69, 9.17) is 19.9 Å². The Morgan fingerprint density at radius 3 is 2.58 bits per heavy atom. The van der Waals surface area contributed by atoms with Crippen LogP contribution in [0.3, 0.4) is 0 Å². The Bertz CT molecular complexity index is 1110. The molecule has 0 spiro atoms. The summed E-state index contributed by atoms with van der Waals surface area (Å²) in [4.78, 5) is 8.96. The molecule has 0 bridgehead atoms. The minimum atomic E-state index is 0.0934. The normalized spacial score (nSPS) is 13.0. The Morgan fingerprint density at radius 2 is 1.84 bits per heavy atom. The van der Waals surface area contributed by atoms with Crippen LogP contribution in [0.4, 0.5) is 5.95 Å². The maximum Gasteiger partial charge on any atom is 0.220 e. The van der Waals surface area contributed by atoms with Gasteiger partial charge < -0.3 is 25.1 Å². The van der Waals surface area contributed by atoms with Gasteiger partial charge in [0.15, 0.2) is 11.5 Å². The summed E-state index contributed by atoms with van der Waals surface area (Å²) in [6.45, 7) is 5.20. The summed E-state index contributed by atoms with van der Waals surface area (Å²) in [6, 6.07) is 9.32. The molecule has 1 aromatic heterocycles. The molecule has 3 aromatic rings. The smallest absolute Gasteiger partial charge is 0.220 e. The number of phenolic OH excluding ortho intramolecular Hbond substituents is 1. The van der Waals surface area contributed by atoms with Gasteiger partial charge in [-0.15, -0.1) is 0 Å². The largest absolute Gasteiger partial charge is 0.507 e. The van der Waals surface area contributed by atoms with Gasteiger partial charge >= 0.3 is 0 Å². The molecule has 0 fully saturated rings. The molecule has 1 aliphatic rings. The zero-order valence-electron chi connectivity index (χ0n) is 18.1. The van der Waals surface area contributed by atoms with E-state index in [9.17, 15) is 5.11 Å². The zero-order chi connectivity index (χ0) is 22.0. The third-order valence-electron chi connectivity index (χ3n) is 5.31. The number of ether oxygens (including phenoxy) is 3. The van der Waals surface area contributed by atoms with Crippen LogP contribution in [0.5, 0.6) is 23.0 Å². The number of anilines is 1. The lowest BCUT2D eigenvalue weighted by atomic mass is 9.92. The van der Waals surface area contributed by atoms with Crippen molar-refractivity contribution < 1.29 is 19.3 Å². The number of aromatic hydroxyl groups is 1. The van der Waals surface area contributed by atoms with E-state index in [2.05, 4.69) is 16.9 Å². The second-order valence-corrected chi connectivity index (χ2v) is 7.53. The topological polar surface area (TPSA) is 99.7 Å². The fraction of sp³-hybridized carbons (Fsp3) is 0.333. The van der Waals surface area contributed by atoms with Gasteiger partial charge in [-0.05, 0) is 42.7 Å². The van der Waals surface area contributed by atoms with Gasteiger partial charge in [0.25, 0.3) is 0 Å². The number of methoxy groups -OCH3 is 1. The molecule has 2 aromatic carbocycles. The summed E-state index contributed by atoms with van der Waals surface area (Å²) < 4.78 is 17.0. The van der Waals surface area contributed by atoms with Crippen LogP contribution in [0.25, 0.3) is 22.4 Å². The Morgan fingerprint density at radius 1 is 1.06 bits per heavy atom. The van der Waals surface area contributed by atoms with Crippen LogP contribution in [-0.4, -0.2) is 35.4 Å². The molecule has 0 aliphatic carbocycles. The lowest BCUT2D eigenvalue weighted by Gasteiger charge is -2.18. The standard InChI is InChI=1S/C24H27N3O4/c1-4-6-15-11-17(29-3)13-18(28)22(15)23-21(14(2)26-24(25)27-23)16-7-8-19-20(12-16)31-10-5-9-30-19/h7-8,11-13,28H,4-6,9-10H2,1-3H3,(H2,25,26,27). The Balaban J connectivity index is 1.95. The highest BCUT2D eigenvalue weighted by atomic mass is 16.5. The molecule has 7 nitrogen and oxygen atoms in total. The molecule has 0 saturated carbocycles. The number of benzene rings is 2. The summed E-state index contributed by atoms with van der Waals surface area (Å²) in [5.74, 6) is 2.25. The van der Waals surface area contributed by atoms with E-state index in [0.29, 0.717) is 36.0 Å². The maximum atomic E-state index is 10.9. The van der Waals surface area contributed by atoms with Crippen molar-refractivity contribution in [3.05, 3.63) is 41.6 Å². The predicted octanol–water partition coefficient (Wildman–Crippen LogP) is 4.53. The van der Waals surface area contributed by atoms with Crippen LogP contribution >= 0.6 is 0 Å². The first kappa shape index (κ1) is 20.8. The van der Waals surface area contributed by atoms with E-state index in [1.54, 1.807) is 13.2 Å². The lowest BCUT2D eigenvalue weighted by Crippen LogP contribution is -2.04. The molecule has 31 heavy (non-hydrogen) atoms. The van der Waals surface area contributed by atoms with Crippen molar-refractivity contribution in [3.63, 3.8) is 0 Å². The summed E-state index contributed by atoms with van der Waals surface area (Å²) in [6.07, 6.45) is 2.49. The van der Waals surface area contributed by atoms with Gasteiger partial charge in [-0.2, -0.15) is 0 Å². The summed E-state index contributed by atoms with van der Waals surface area (Å²) in [7, 11) is 1.58. The van der Waals surface area contributed by atoms with E-state index < -0.39 is 0 Å². The number of fused-ring (bicyclic) bond motifs is 1. The van der Waals surface area contributed by atoms with Gasteiger partial charge in [-0.3, -0.25) is 0 Å². The van der Waals surface area contributed by atoms with Gasteiger partial charge in [0, 0.05) is 23.6 Å². The molecule has 162 valence electrons. The molecule has 0 amide bonds. The van der Waals surface area contributed by atoms with Crippen molar-refractivity contribution in [3.8, 4) is 45.4 Å². The van der Waals surface area contributed by atoms with Crippen molar-refractivity contribution in [2.45, 2.75) is 33.1 Å². The predicted molar refractivity (Wildman–Crippen MR) is 120 cm³/mol. The van der Waals surface area contributed by atoms with Crippen LogP contribution in [0.15, 0.2) is 30.3 Å². The highest BCUT2D eigenvalue weighted by molar-refractivity contribution is 5.88. The van der Waals surface area contributed by atoms with Crippen molar-refractivity contribution in [1.82, 2.24) is 9.97 Å². The fourth-order valence-corrected chi connectivity index (χ4v) is 3.95. The highest BCUT2D eigenvalue weighted by Gasteiger charge is 2.22. The molecule has 0 saturated heterocycles. The van der Waals surface area contributed by atoms with E-state index in [1.165, 1.54) is 0 Å². The lowest BCUT2D eigenvalue weighted by molar-refractivity contribution is 0.297. The number of nitrogens with zero attached hydrogens (tertiary/aromatic N) is 2. The molecule has 4 rings (SSSR count). The van der Waals surface area contributed by atoms with Gasteiger partial charge in [-0.1, -0.05) is 19.4 Å². The van der Waals surface area contributed by atoms with Crippen LogP contribution in [-0.2, 0) is 6.42 Å². The van der Waals surface area contributed by atoms with E-state index >= 15 is 0 Å². The first-order valence-corrected chi connectivity index (χ1v) is 10.5. The van der Waals surface area contributed by atoms with Crippen LogP contribution in [0.1, 0.15) is 31.0 Å². The Hall–Kier alpha value is -3.48. The number of nitrogen functional groups attached to an aromatic ring is 1. The average molecular weight is 421 g/mol. The van der Waals surface area contributed by atoms with Gasteiger partial charge in [-0.25, -0.2) is 9.97 Å². The molecule has 2 heterocycles. The van der Waals surface area contributed by atoms with Crippen molar-refractivity contribution in [2.75, 3.05) is 26.1 Å². The average Bonchev–Trinajstić information content (AvgIpc) is 2.98. The number of aryl methyl sites for hydroxylation is 2. The molecular formula is C24H27N3O4. The Labute approximate surface area is 181 Å². The van der Waals surface area contributed by atoms with Crippen LogP contribution in [0, 0.1) is 6.92 Å².